The Hall–Kier alpha value is -1.30. The van der Waals surface area contributed by atoms with Crippen LogP contribution < -0.4 is 5.32 Å². The van der Waals surface area contributed by atoms with E-state index in [1.807, 2.05) is 6.92 Å². The van der Waals surface area contributed by atoms with Gasteiger partial charge < -0.3 is 19.7 Å². The summed E-state index contributed by atoms with van der Waals surface area (Å²) in [5.41, 5.74) is 0. The van der Waals surface area contributed by atoms with Crippen LogP contribution in [0.4, 0.5) is 0 Å². The number of likely N-dealkylation sites (tertiary alicyclic amines) is 1. The molecule has 1 aliphatic heterocycles. The van der Waals surface area contributed by atoms with Crippen molar-refractivity contribution in [1.82, 2.24) is 10.2 Å². The average Bonchev–Trinajstić information content (AvgIpc) is 2.83. The summed E-state index contributed by atoms with van der Waals surface area (Å²) in [6.07, 6.45) is 0.898. The maximum absolute atomic E-state index is 11.7. The Balaban J connectivity index is 2.61. The van der Waals surface area contributed by atoms with Crippen molar-refractivity contribution in [2.75, 3.05) is 47.0 Å². The minimum atomic E-state index is -0.129. The quantitative estimate of drug-likeness (QED) is 0.337. The SMILES string of the molecule is CCNC(=NCCCOC)N1CC(C)C(C(=O)OC)C1. The molecule has 1 fully saturated rings. The smallest absolute Gasteiger partial charge is 0.310 e. The molecule has 2 unspecified atom stereocenters. The largest absolute Gasteiger partial charge is 0.469 e. The summed E-state index contributed by atoms with van der Waals surface area (Å²) in [5, 5.41) is 3.28. The monoisotopic (exact) mass is 285 g/mol. The summed E-state index contributed by atoms with van der Waals surface area (Å²) in [6.45, 7) is 7.88. The Kier molecular flexibility index (Phi) is 7.36. The van der Waals surface area contributed by atoms with E-state index >= 15 is 0 Å². The van der Waals surface area contributed by atoms with Gasteiger partial charge in [-0.25, -0.2) is 0 Å². The van der Waals surface area contributed by atoms with E-state index in [2.05, 4.69) is 22.1 Å². The first kappa shape index (κ1) is 16.8. The number of nitrogens with zero attached hydrogens (tertiary/aromatic N) is 2. The highest BCUT2D eigenvalue weighted by atomic mass is 16.5. The van der Waals surface area contributed by atoms with Crippen LogP contribution in [0.2, 0.25) is 0 Å². The van der Waals surface area contributed by atoms with Gasteiger partial charge in [0.05, 0.1) is 13.0 Å². The maximum Gasteiger partial charge on any atom is 0.310 e. The van der Waals surface area contributed by atoms with Crippen molar-refractivity contribution in [3.63, 3.8) is 0 Å². The number of esters is 1. The molecule has 0 bridgehead atoms. The second-order valence-corrected chi connectivity index (χ2v) is 5.09. The molecule has 2 atom stereocenters. The Bertz CT molecular complexity index is 334. The van der Waals surface area contributed by atoms with Crippen LogP contribution in [0.5, 0.6) is 0 Å². The van der Waals surface area contributed by atoms with Gasteiger partial charge in [0.1, 0.15) is 0 Å². The Labute approximate surface area is 121 Å². The normalized spacial score (nSPS) is 23.0. The van der Waals surface area contributed by atoms with E-state index < -0.39 is 0 Å². The van der Waals surface area contributed by atoms with E-state index in [0.29, 0.717) is 13.2 Å². The third kappa shape index (κ3) is 4.67. The molecule has 0 aromatic heterocycles. The summed E-state index contributed by atoms with van der Waals surface area (Å²) in [6, 6.07) is 0. The lowest BCUT2D eigenvalue weighted by atomic mass is 9.99. The van der Waals surface area contributed by atoms with Crippen LogP contribution in [0.3, 0.4) is 0 Å². The molecule has 0 aliphatic carbocycles. The maximum atomic E-state index is 11.7. The minimum absolute atomic E-state index is 0.0668. The fraction of sp³-hybridized carbons (Fsp3) is 0.857. The lowest BCUT2D eigenvalue weighted by Gasteiger charge is -2.21. The van der Waals surface area contributed by atoms with Gasteiger partial charge in [-0.05, 0) is 19.3 Å². The van der Waals surface area contributed by atoms with Crippen LogP contribution in [0.25, 0.3) is 0 Å². The molecule has 1 N–H and O–H groups in total. The lowest BCUT2D eigenvalue weighted by Crippen LogP contribution is -2.40. The molecule has 0 aromatic carbocycles. The number of carbonyl (C=O) groups is 1. The van der Waals surface area contributed by atoms with Gasteiger partial charge in [0, 0.05) is 39.9 Å². The lowest BCUT2D eigenvalue weighted by molar-refractivity contribution is -0.145. The predicted octanol–water partition coefficient (Wildman–Crippen LogP) is 0.729. The van der Waals surface area contributed by atoms with Gasteiger partial charge in [-0.2, -0.15) is 0 Å². The molecule has 1 rings (SSSR count). The van der Waals surface area contributed by atoms with Gasteiger partial charge in [-0.1, -0.05) is 6.92 Å². The van der Waals surface area contributed by atoms with Crippen molar-refractivity contribution in [2.45, 2.75) is 20.3 Å². The molecule has 0 aromatic rings. The number of carbonyl (C=O) groups excluding carboxylic acids is 1. The third-order valence-corrected chi connectivity index (χ3v) is 3.52. The molecular weight excluding hydrogens is 258 g/mol. The van der Waals surface area contributed by atoms with Crippen molar-refractivity contribution in [3.8, 4) is 0 Å². The van der Waals surface area contributed by atoms with Gasteiger partial charge in [0.15, 0.2) is 5.96 Å². The van der Waals surface area contributed by atoms with E-state index in [1.165, 1.54) is 7.11 Å². The summed E-state index contributed by atoms with van der Waals surface area (Å²) in [5.74, 6) is 0.963. The van der Waals surface area contributed by atoms with E-state index in [0.717, 1.165) is 32.0 Å². The molecule has 1 heterocycles. The second kappa shape index (κ2) is 8.79. The zero-order chi connectivity index (χ0) is 15.0. The zero-order valence-corrected chi connectivity index (χ0v) is 13.0. The average molecular weight is 285 g/mol. The number of aliphatic imine (C=N–C) groups is 1. The highest BCUT2D eigenvalue weighted by Crippen LogP contribution is 2.24. The fourth-order valence-electron chi connectivity index (χ4n) is 2.42. The number of guanidine groups is 1. The summed E-state index contributed by atoms with van der Waals surface area (Å²) in [7, 11) is 3.14. The standard InChI is InChI=1S/C14H27N3O3/c1-5-15-14(16-7-6-8-19-3)17-9-11(2)12(10-17)13(18)20-4/h11-12H,5-10H2,1-4H3,(H,15,16). The molecule has 116 valence electrons. The number of rotatable bonds is 6. The van der Waals surface area contributed by atoms with Crippen LogP contribution in [0.15, 0.2) is 4.99 Å². The van der Waals surface area contributed by atoms with Gasteiger partial charge in [-0.15, -0.1) is 0 Å². The van der Waals surface area contributed by atoms with E-state index in [9.17, 15) is 4.79 Å². The van der Waals surface area contributed by atoms with Crippen molar-refractivity contribution in [2.24, 2.45) is 16.8 Å². The second-order valence-electron chi connectivity index (χ2n) is 5.09. The minimum Gasteiger partial charge on any atom is -0.469 e. The van der Waals surface area contributed by atoms with Gasteiger partial charge in [-0.3, -0.25) is 9.79 Å². The summed E-state index contributed by atoms with van der Waals surface area (Å²) >= 11 is 0. The van der Waals surface area contributed by atoms with E-state index in [1.54, 1.807) is 7.11 Å². The van der Waals surface area contributed by atoms with Crippen LogP contribution in [-0.4, -0.2) is 63.8 Å². The predicted molar refractivity (Wildman–Crippen MR) is 78.7 cm³/mol. The molecule has 20 heavy (non-hydrogen) atoms. The van der Waals surface area contributed by atoms with Crippen LogP contribution in [0, 0.1) is 11.8 Å². The van der Waals surface area contributed by atoms with Crippen molar-refractivity contribution >= 4 is 11.9 Å². The van der Waals surface area contributed by atoms with Crippen LogP contribution in [0.1, 0.15) is 20.3 Å². The zero-order valence-electron chi connectivity index (χ0n) is 13.0. The molecule has 6 heteroatoms. The first-order valence-corrected chi connectivity index (χ1v) is 7.24. The van der Waals surface area contributed by atoms with E-state index in [-0.39, 0.29) is 17.8 Å². The van der Waals surface area contributed by atoms with Gasteiger partial charge in [0.2, 0.25) is 0 Å². The molecule has 1 saturated heterocycles. The Morgan fingerprint density at radius 3 is 2.75 bits per heavy atom. The number of hydrogen-bond acceptors (Lipinski definition) is 4. The van der Waals surface area contributed by atoms with Crippen LogP contribution in [-0.2, 0) is 14.3 Å². The molecule has 0 amide bonds. The first-order chi connectivity index (χ1) is 9.63. The van der Waals surface area contributed by atoms with Crippen molar-refractivity contribution in [3.05, 3.63) is 0 Å². The van der Waals surface area contributed by atoms with E-state index in [4.69, 9.17) is 9.47 Å². The first-order valence-electron chi connectivity index (χ1n) is 7.24. The molecule has 0 saturated carbocycles. The van der Waals surface area contributed by atoms with Crippen molar-refractivity contribution < 1.29 is 14.3 Å². The molecule has 6 nitrogen and oxygen atoms in total. The molecular formula is C14H27N3O3. The highest BCUT2D eigenvalue weighted by Gasteiger charge is 2.36. The Morgan fingerprint density at radius 2 is 2.15 bits per heavy atom. The third-order valence-electron chi connectivity index (χ3n) is 3.52. The number of nitrogens with one attached hydrogen (secondary N) is 1. The summed E-state index contributed by atoms with van der Waals surface area (Å²) < 4.78 is 9.89. The van der Waals surface area contributed by atoms with Crippen LogP contribution >= 0.6 is 0 Å². The number of ether oxygens (including phenoxy) is 2. The highest BCUT2D eigenvalue weighted by molar-refractivity contribution is 5.82. The molecule has 0 spiro atoms. The topological polar surface area (TPSA) is 63.2 Å². The summed E-state index contributed by atoms with van der Waals surface area (Å²) in [4.78, 5) is 18.5. The molecule has 1 aliphatic rings. The number of methoxy groups -OCH3 is 2. The van der Waals surface area contributed by atoms with Crippen molar-refractivity contribution in [1.29, 1.82) is 0 Å². The Morgan fingerprint density at radius 1 is 1.40 bits per heavy atom. The fourth-order valence-corrected chi connectivity index (χ4v) is 2.42. The number of hydrogen-bond donors (Lipinski definition) is 1. The van der Waals surface area contributed by atoms with Gasteiger partial charge >= 0.3 is 5.97 Å². The molecule has 0 radical (unpaired) electrons. The van der Waals surface area contributed by atoms with Gasteiger partial charge in [0.25, 0.3) is 0 Å².